The average molecular weight is 406 g/mol. The van der Waals surface area contributed by atoms with E-state index in [1.807, 2.05) is 30.9 Å². The molecule has 28 heavy (non-hydrogen) atoms. The van der Waals surface area contributed by atoms with E-state index in [1.54, 1.807) is 12.1 Å². The van der Waals surface area contributed by atoms with Crippen molar-refractivity contribution < 1.29 is 19.0 Å². The van der Waals surface area contributed by atoms with Crippen molar-refractivity contribution in [3.05, 3.63) is 46.3 Å². The summed E-state index contributed by atoms with van der Waals surface area (Å²) in [5, 5.41) is 7.31. The number of piperazine rings is 1. The lowest BCUT2D eigenvalue weighted by Crippen LogP contribution is -3.15. The molecule has 1 aromatic carbocycles. The third-order valence-electron chi connectivity index (χ3n) is 5.15. The molecule has 2 aromatic rings. The number of benzene rings is 1. The number of nitrogens with zero attached hydrogens (tertiary/aromatic N) is 2. The maximum absolute atomic E-state index is 12.5. The first-order chi connectivity index (χ1) is 13.4. The minimum Gasteiger partial charge on any atom is -0.361 e. The van der Waals surface area contributed by atoms with Crippen molar-refractivity contribution in [2.75, 3.05) is 38.0 Å². The SMILES string of the molecule is Cc1noc(C)c1CCC(=O)N1CC[NH+](CC(=O)Nc2ccccc2Cl)CC1. The molecule has 0 atom stereocenters. The second-order valence-electron chi connectivity index (χ2n) is 7.14. The second-order valence-corrected chi connectivity index (χ2v) is 7.55. The summed E-state index contributed by atoms with van der Waals surface area (Å²) < 4.78 is 5.15. The van der Waals surface area contributed by atoms with Gasteiger partial charge in [0, 0.05) is 12.0 Å². The van der Waals surface area contributed by atoms with Crippen LogP contribution in [0, 0.1) is 13.8 Å². The van der Waals surface area contributed by atoms with Crippen LogP contribution in [0.4, 0.5) is 5.69 Å². The quantitative estimate of drug-likeness (QED) is 0.757. The van der Waals surface area contributed by atoms with E-state index in [9.17, 15) is 9.59 Å². The molecule has 0 unspecified atom stereocenters. The van der Waals surface area contributed by atoms with E-state index in [4.69, 9.17) is 16.1 Å². The Labute approximate surface area is 169 Å². The van der Waals surface area contributed by atoms with E-state index < -0.39 is 0 Å². The third-order valence-corrected chi connectivity index (χ3v) is 5.48. The molecular formula is C20H26ClN4O3+. The van der Waals surface area contributed by atoms with E-state index >= 15 is 0 Å². The molecule has 0 radical (unpaired) electrons. The summed E-state index contributed by atoms with van der Waals surface area (Å²) in [6.45, 7) is 6.97. The Morgan fingerprint density at radius 2 is 1.96 bits per heavy atom. The Balaban J connectivity index is 1.42. The summed E-state index contributed by atoms with van der Waals surface area (Å²) in [6, 6.07) is 7.19. The van der Waals surface area contributed by atoms with Crippen molar-refractivity contribution in [3.63, 3.8) is 0 Å². The number of aryl methyl sites for hydroxylation is 2. The number of halogens is 1. The molecule has 8 heteroatoms. The molecule has 0 bridgehead atoms. The minimum absolute atomic E-state index is 0.0683. The van der Waals surface area contributed by atoms with E-state index in [-0.39, 0.29) is 11.8 Å². The van der Waals surface area contributed by atoms with Crippen LogP contribution in [-0.2, 0) is 16.0 Å². The van der Waals surface area contributed by atoms with Gasteiger partial charge in [-0.25, -0.2) is 0 Å². The lowest BCUT2D eigenvalue weighted by molar-refractivity contribution is -0.895. The first-order valence-corrected chi connectivity index (χ1v) is 9.89. The molecule has 3 rings (SSSR count). The van der Waals surface area contributed by atoms with Crippen LogP contribution >= 0.6 is 11.6 Å². The summed E-state index contributed by atoms with van der Waals surface area (Å²) in [5.41, 5.74) is 2.50. The minimum atomic E-state index is -0.0683. The molecule has 1 fully saturated rings. The molecule has 1 aliphatic rings. The van der Waals surface area contributed by atoms with E-state index in [2.05, 4.69) is 10.5 Å². The summed E-state index contributed by atoms with van der Waals surface area (Å²) >= 11 is 6.08. The Kier molecular flexibility index (Phi) is 6.70. The standard InChI is InChI=1S/C20H25ClN4O3/c1-14-16(15(2)28-23-14)7-8-20(27)25-11-9-24(10-12-25)13-19(26)22-18-6-4-3-5-17(18)21/h3-6H,7-13H2,1-2H3,(H,22,26)/p+1. The molecule has 7 nitrogen and oxygen atoms in total. The van der Waals surface area contributed by atoms with Gasteiger partial charge in [0.25, 0.3) is 5.91 Å². The molecule has 0 aliphatic carbocycles. The van der Waals surface area contributed by atoms with Crippen molar-refractivity contribution in [1.29, 1.82) is 0 Å². The number of carbonyl (C=O) groups is 2. The van der Waals surface area contributed by atoms with Gasteiger partial charge in [-0.05, 0) is 32.4 Å². The molecule has 1 aromatic heterocycles. The number of amides is 2. The number of hydrogen-bond acceptors (Lipinski definition) is 4. The zero-order valence-electron chi connectivity index (χ0n) is 16.3. The largest absolute Gasteiger partial charge is 0.361 e. The van der Waals surface area contributed by atoms with Crippen LogP contribution in [0.25, 0.3) is 0 Å². The fourth-order valence-electron chi connectivity index (χ4n) is 3.48. The zero-order chi connectivity index (χ0) is 20.1. The maximum Gasteiger partial charge on any atom is 0.279 e. The van der Waals surface area contributed by atoms with E-state index in [1.165, 1.54) is 4.90 Å². The lowest BCUT2D eigenvalue weighted by atomic mass is 10.1. The van der Waals surface area contributed by atoms with Crippen LogP contribution in [0.15, 0.2) is 28.8 Å². The van der Waals surface area contributed by atoms with Gasteiger partial charge in [-0.3, -0.25) is 9.59 Å². The molecule has 1 saturated heterocycles. The molecular weight excluding hydrogens is 380 g/mol. The van der Waals surface area contributed by atoms with Gasteiger partial charge in [0.2, 0.25) is 5.91 Å². The zero-order valence-corrected chi connectivity index (χ0v) is 17.0. The van der Waals surface area contributed by atoms with Crippen LogP contribution in [0.1, 0.15) is 23.4 Å². The molecule has 2 heterocycles. The number of rotatable bonds is 6. The van der Waals surface area contributed by atoms with Gasteiger partial charge in [-0.2, -0.15) is 0 Å². The second kappa shape index (κ2) is 9.21. The van der Waals surface area contributed by atoms with Crippen molar-refractivity contribution >= 4 is 29.1 Å². The smallest absolute Gasteiger partial charge is 0.279 e. The number of anilines is 1. The van der Waals surface area contributed by atoms with Crippen molar-refractivity contribution in [3.8, 4) is 0 Å². The van der Waals surface area contributed by atoms with Gasteiger partial charge >= 0.3 is 0 Å². The maximum atomic E-state index is 12.5. The van der Waals surface area contributed by atoms with E-state index in [0.717, 1.165) is 30.1 Å². The number of aromatic nitrogens is 1. The lowest BCUT2D eigenvalue weighted by Gasteiger charge is -2.32. The molecule has 2 amide bonds. The Hall–Kier alpha value is -2.38. The Bertz CT molecular complexity index is 824. The van der Waals surface area contributed by atoms with Crippen LogP contribution in [0.3, 0.4) is 0 Å². The van der Waals surface area contributed by atoms with Gasteiger partial charge in [0.1, 0.15) is 5.76 Å². The van der Waals surface area contributed by atoms with Crippen LogP contribution in [0.5, 0.6) is 0 Å². The fourth-order valence-corrected chi connectivity index (χ4v) is 3.67. The highest BCUT2D eigenvalue weighted by atomic mass is 35.5. The fraction of sp³-hybridized carbons (Fsp3) is 0.450. The highest BCUT2D eigenvalue weighted by Crippen LogP contribution is 2.20. The van der Waals surface area contributed by atoms with Gasteiger partial charge in [-0.15, -0.1) is 0 Å². The van der Waals surface area contributed by atoms with Crippen LogP contribution in [0.2, 0.25) is 5.02 Å². The Morgan fingerprint density at radius 3 is 2.61 bits per heavy atom. The molecule has 1 aliphatic heterocycles. The monoisotopic (exact) mass is 405 g/mol. The summed E-state index contributed by atoms with van der Waals surface area (Å²) in [5.74, 6) is 0.852. The van der Waals surface area contributed by atoms with Crippen molar-refractivity contribution in [2.45, 2.75) is 26.7 Å². The predicted molar refractivity (Wildman–Crippen MR) is 107 cm³/mol. The Morgan fingerprint density at radius 1 is 1.25 bits per heavy atom. The number of nitrogens with one attached hydrogen (secondary N) is 2. The number of para-hydroxylation sites is 1. The van der Waals surface area contributed by atoms with E-state index in [0.29, 0.717) is 43.2 Å². The number of hydrogen-bond donors (Lipinski definition) is 2. The van der Waals surface area contributed by atoms with Crippen LogP contribution in [-0.4, -0.2) is 54.6 Å². The van der Waals surface area contributed by atoms with Crippen molar-refractivity contribution in [1.82, 2.24) is 10.1 Å². The van der Waals surface area contributed by atoms with Gasteiger partial charge < -0.3 is 19.6 Å². The van der Waals surface area contributed by atoms with Crippen molar-refractivity contribution in [2.24, 2.45) is 0 Å². The summed E-state index contributed by atoms with van der Waals surface area (Å²) in [4.78, 5) is 27.8. The van der Waals surface area contributed by atoms with Gasteiger partial charge in [0.15, 0.2) is 6.54 Å². The number of carbonyl (C=O) groups excluding carboxylic acids is 2. The summed E-state index contributed by atoms with van der Waals surface area (Å²) in [7, 11) is 0. The first kappa shape index (κ1) is 20.4. The molecule has 2 N–H and O–H groups in total. The first-order valence-electron chi connectivity index (χ1n) is 9.51. The molecule has 0 saturated carbocycles. The average Bonchev–Trinajstić information content (AvgIpc) is 3.00. The van der Waals surface area contributed by atoms with Gasteiger partial charge in [0.05, 0.1) is 42.6 Å². The highest BCUT2D eigenvalue weighted by molar-refractivity contribution is 6.33. The predicted octanol–water partition coefficient (Wildman–Crippen LogP) is 1.24. The topological polar surface area (TPSA) is 79.9 Å². The third kappa shape index (κ3) is 5.11. The highest BCUT2D eigenvalue weighted by Gasteiger charge is 2.25. The summed E-state index contributed by atoms with van der Waals surface area (Å²) in [6.07, 6.45) is 1.10. The molecule has 0 spiro atoms. The van der Waals surface area contributed by atoms with Crippen LogP contribution < -0.4 is 10.2 Å². The molecule has 150 valence electrons. The van der Waals surface area contributed by atoms with Gasteiger partial charge in [-0.1, -0.05) is 28.9 Å². The normalized spacial score (nSPS) is 14.9. The number of quaternary nitrogens is 1.